The summed E-state index contributed by atoms with van der Waals surface area (Å²) in [4.78, 5) is 19.3. The van der Waals surface area contributed by atoms with Crippen LogP contribution >= 0.6 is 35.0 Å². The van der Waals surface area contributed by atoms with Crippen molar-refractivity contribution in [2.75, 3.05) is 27.3 Å². The highest BCUT2D eigenvalue weighted by molar-refractivity contribution is 8.13. The Balaban J connectivity index is 1.79. The van der Waals surface area contributed by atoms with Crippen molar-refractivity contribution in [2.24, 2.45) is 4.99 Å². The Hall–Kier alpha value is -1.89. The molecule has 3 rings (SSSR count). The second kappa shape index (κ2) is 8.87. The van der Waals surface area contributed by atoms with Crippen LogP contribution in [0.15, 0.2) is 41.4 Å². The van der Waals surface area contributed by atoms with Gasteiger partial charge in [-0.05, 0) is 29.8 Å². The zero-order valence-electron chi connectivity index (χ0n) is 14.9. The van der Waals surface area contributed by atoms with E-state index in [4.69, 9.17) is 32.7 Å². The number of hydrogen-bond acceptors (Lipinski definition) is 5. The second-order valence-corrected chi connectivity index (χ2v) is 7.47. The number of thioether (sulfide) groups is 1. The predicted molar refractivity (Wildman–Crippen MR) is 111 cm³/mol. The Bertz CT molecular complexity index is 867. The van der Waals surface area contributed by atoms with Gasteiger partial charge in [0.15, 0.2) is 5.17 Å². The number of amidine groups is 1. The summed E-state index contributed by atoms with van der Waals surface area (Å²) < 4.78 is 10.7. The first-order chi connectivity index (χ1) is 13.0. The molecule has 1 aliphatic rings. The zero-order chi connectivity index (χ0) is 19.4. The third-order valence-corrected chi connectivity index (χ3v) is 5.71. The minimum atomic E-state index is -0.199. The molecule has 0 N–H and O–H groups in total. The molecule has 0 radical (unpaired) electrons. The van der Waals surface area contributed by atoms with Gasteiger partial charge in [-0.2, -0.15) is 0 Å². The topological polar surface area (TPSA) is 51.1 Å². The zero-order valence-corrected chi connectivity index (χ0v) is 17.2. The fraction of sp³-hybridized carbons (Fsp3) is 0.263. The van der Waals surface area contributed by atoms with Crippen molar-refractivity contribution in [2.45, 2.75) is 5.75 Å². The first-order valence-electron chi connectivity index (χ1n) is 8.19. The highest BCUT2D eigenvalue weighted by Crippen LogP contribution is 2.32. The first kappa shape index (κ1) is 19.9. The monoisotopic (exact) mass is 424 g/mol. The quantitative estimate of drug-likeness (QED) is 0.694. The van der Waals surface area contributed by atoms with E-state index in [1.807, 2.05) is 6.07 Å². The summed E-state index contributed by atoms with van der Waals surface area (Å²) in [5, 5.41) is 1.84. The van der Waals surface area contributed by atoms with Crippen LogP contribution in [0.5, 0.6) is 11.5 Å². The number of carbonyl (C=O) groups excluding carboxylic acids is 1. The van der Waals surface area contributed by atoms with Crippen molar-refractivity contribution >= 4 is 46.0 Å². The van der Waals surface area contributed by atoms with Crippen LogP contribution in [0.2, 0.25) is 10.0 Å². The summed E-state index contributed by atoms with van der Waals surface area (Å²) in [5.41, 5.74) is 1.32. The summed E-state index contributed by atoms with van der Waals surface area (Å²) in [6.45, 7) is 1.07. The molecule has 0 atom stereocenters. The molecule has 0 saturated carbocycles. The van der Waals surface area contributed by atoms with E-state index in [1.54, 1.807) is 35.2 Å². The highest BCUT2D eigenvalue weighted by atomic mass is 35.5. The van der Waals surface area contributed by atoms with E-state index in [9.17, 15) is 4.79 Å². The van der Waals surface area contributed by atoms with E-state index in [1.165, 1.54) is 26.0 Å². The Labute approximate surface area is 172 Å². The molecule has 5 nitrogen and oxygen atoms in total. The van der Waals surface area contributed by atoms with Gasteiger partial charge in [-0.3, -0.25) is 14.7 Å². The number of benzene rings is 2. The van der Waals surface area contributed by atoms with E-state index in [-0.39, 0.29) is 5.91 Å². The van der Waals surface area contributed by atoms with Gasteiger partial charge in [-0.25, -0.2) is 0 Å². The Kier molecular flexibility index (Phi) is 6.52. The molecule has 142 valence electrons. The number of methoxy groups -OCH3 is 2. The molecule has 0 fully saturated rings. The largest absolute Gasteiger partial charge is 0.496 e. The molecule has 0 spiro atoms. The number of amides is 1. The number of rotatable bonds is 5. The normalized spacial score (nSPS) is 13.5. The Morgan fingerprint density at radius 1 is 1.19 bits per heavy atom. The summed E-state index contributed by atoms with van der Waals surface area (Å²) in [7, 11) is 3.06. The highest BCUT2D eigenvalue weighted by Gasteiger charge is 2.29. The number of halogens is 2. The van der Waals surface area contributed by atoms with E-state index in [0.29, 0.717) is 51.1 Å². The molecule has 2 aromatic carbocycles. The van der Waals surface area contributed by atoms with Crippen LogP contribution in [0.25, 0.3) is 0 Å². The van der Waals surface area contributed by atoms with E-state index < -0.39 is 0 Å². The van der Waals surface area contributed by atoms with Gasteiger partial charge in [0.25, 0.3) is 5.91 Å². The number of ether oxygens (including phenoxy) is 2. The molecule has 1 amide bonds. The van der Waals surface area contributed by atoms with Gasteiger partial charge in [0.2, 0.25) is 0 Å². The predicted octanol–water partition coefficient (Wildman–Crippen LogP) is 4.76. The van der Waals surface area contributed by atoms with Crippen molar-refractivity contribution in [1.82, 2.24) is 4.90 Å². The molecule has 1 aliphatic heterocycles. The number of carbonyl (C=O) groups is 1. The number of hydrogen-bond donors (Lipinski definition) is 0. The van der Waals surface area contributed by atoms with E-state index >= 15 is 0 Å². The van der Waals surface area contributed by atoms with Crippen molar-refractivity contribution < 1.29 is 14.3 Å². The molecule has 0 saturated heterocycles. The lowest BCUT2D eigenvalue weighted by molar-refractivity contribution is 0.0854. The maximum absolute atomic E-state index is 13.2. The molecule has 1 heterocycles. The summed E-state index contributed by atoms with van der Waals surface area (Å²) in [6, 6.07) is 10.6. The van der Waals surface area contributed by atoms with Crippen molar-refractivity contribution in [3.8, 4) is 11.5 Å². The molecule has 27 heavy (non-hydrogen) atoms. The second-order valence-electron chi connectivity index (χ2n) is 5.68. The molecule has 0 unspecified atom stereocenters. The average Bonchev–Trinajstić information content (AvgIpc) is 3.14. The van der Waals surface area contributed by atoms with Gasteiger partial charge in [0.05, 0.1) is 20.8 Å². The molecular weight excluding hydrogens is 407 g/mol. The van der Waals surface area contributed by atoms with Gasteiger partial charge in [-0.15, -0.1) is 0 Å². The fourth-order valence-electron chi connectivity index (χ4n) is 2.72. The molecule has 8 heteroatoms. The van der Waals surface area contributed by atoms with Crippen LogP contribution in [0.3, 0.4) is 0 Å². The fourth-order valence-corrected chi connectivity index (χ4v) is 4.32. The Morgan fingerprint density at radius 3 is 2.52 bits per heavy atom. The van der Waals surface area contributed by atoms with Gasteiger partial charge >= 0.3 is 0 Å². The third-order valence-electron chi connectivity index (χ3n) is 4.06. The van der Waals surface area contributed by atoms with Crippen LogP contribution in [-0.4, -0.2) is 43.3 Å². The van der Waals surface area contributed by atoms with E-state index in [2.05, 4.69) is 4.99 Å². The van der Waals surface area contributed by atoms with Gasteiger partial charge in [0.1, 0.15) is 17.1 Å². The van der Waals surface area contributed by atoms with Gasteiger partial charge in [-0.1, -0.05) is 47.1 Å². The maximum atomic E-state index is 13.2. The molecule has 0 aliphatic carbocycles. The number of aliphatic imine (C=N–C) groups is 1. The smallest absolute Gasteiger partial charge is 0.267 e. The SMILES string of the molecule is COc1cccc(OC)c1C(=O)N1CCN=C1SCc1ccc(Cl)cc1Cl. The lowest BCUT2D eigenvalue weighted by atomic mass is 10.1. The first-order valence-corrected chi connectivity index (χ1v) is 9.93. The summed E-state index contributed by atoms with van der Waals surface area (Å²) in [6.07, 6.45) is 0. The lowest BCUT2D eigenvalue weighted by Gasteiger charge is -2.20. The van der Waals surface area contributed by atoms with Crippen LogP contribution in [0.1, 0.15) is 15.9 Å². The standard InChI is InChI=1S/C19H18Cl2N2O3S/c1-25-15-4-3-5-16(26-2)17(15)18(24)23-9-8-22-19(23)27-11-12-6-7-13(20)10-14(12)21/h3-7,10H,8-9,11H2,1-2H3. The number of nitrogens with zero attached hydrogens (tertiary/aromatic N) is 2. The summed E-state index contributed by atoms with van der Waals surface area (Å²) >= 11 is 13.6. The Morgan fingerprint density at radius 2 is 1.89 bits per heavy atom. The molecule has 0 bridgehead atoms. The van der Waals surface area contributed by atoms with Crippen molar-refractivity contribution in [1.29, 1.82) is 0 Å². The van der Waals surface area contributed by atoms with Crippen molar-refractivity contribution in [3.05, 3.63) is 57.6 Å². The summed E-state index contributed by atoms with van der Waals surface area (Å²) in [5.74, 6) is 1.32. The lowest BCUT2D eigenvalue weighted by Crippen LogP contribution is -2.33. The van der Waals surface area contributed by atoms with Crippen LogP contribution in [-0.2, 0) is 5.75 Å². The van der Waals surface area contributed by atoms with Gasteiger partial charge < -0.3 is 9.47 Å². The van der Waals surface area contributed by atoms with Crippen molar-refractivity contribution in [3.63, 3.8) is 0 Å². The minimum Gasteiger partial charge on any atom is -0.496 e. The maximum Gasteiger partial charge on any atom is 0.267 e. The van der Waals surface area contributed by atoms with Gasteiger partial charge in [0, 0.05) is 22.3 Å². The molecule has 0 aromatic heterocycles. The third kappa shape index (κ3) is 4.34. The van der Waals surface area contributed by atoms with Crippen LogP contribution in [0.4, 0.5) is 0 Å². The molecular formula is C19H18Cl2N2O3S. The molecule has 2 aromatic rings. The van der Waals surface area contributed by atoms with Crippen LogP contribution in [0, 0.1) is 0 Å². The van der Waals surface area contributed by atoms with Crippen LogP contribution < -0.4 is 9.47 Å². The average molecular weight is 425 g/mol. The minimum absolute atomic E-state index is 0.199. The van der Waals surface area contributed by atoms with E-state index in [0.717, 1.165) is 5.56 Å².